The average Bonchev–Trinajstić information content (AvgIpc) is 2.13. The Hall–Kier alpha value is -1.35. The fourth-order valence-corrected chi connectivity index (χ4v) is 2.29. The van der Waals surface area contributed by atoms with Gasteiger partial charge in [-0.15, -0.1) is 0 Å². The van der Waals surface area contributed by atoms with Crippen LogP contribution in [-0.4, -0.2) is 24.3 Å². The standard InChI is InChI=1S/C14H18O3/c1-13(2,3)14(8-17-9-14)11-6-4-5-10(7-11)12(15)16/h4-7H,8-9H2,1-3H3,(H,15,16). The molecule has 3 heteroatoms. The van der Waals surface area contributed by atoms with Crippen molar-refractivity contribution in [3.8, 4) is 0 Å². The van der Waals surface area contributed by atoms with Crippen LogP contribution in [0.25, 0.3) is 0 Å². The number of hydrogen-bond donors (Lipinski definition) is 1. The zero-order valence-corrected chi connectivity index (χ0v) is 10.5. The summed E-state index contributed by atoms with van der Waals surface area (Å²) in [6.45, 7) is 7.84. The summed E-state index contributed by atoms with van der Waals surface area (Å²) < 4.78 is 5.37. The quantitative estimate of drug-likeness (QED) is 0.855. The Bertz CT molecular complexity index is 439. The van der Waals surface area contributed by atoms with Gasteiger partial charge in [0.15, 0.2) is 0 Å². The second kappa shape index (κ2) is 3.84. The first-order chi connectivity index (χ1) is 7.87. The van der Waals surface area contributed by atoms with E-state index in [0.29, 0.717) is 18.8 Å². The highest BCUT2D eigenvalue weighted by molar-refractivity contribution is 5.87. The van der Waals surface area contributed by atoms with Crippen LogP contribution in [0.5, 0.6) is 0 Å². The van der Waals surface area contributed by atoms with Crippen molar-refractivity contribution in [2.45, 2.75) is 26.2 Å². The molecular formula is C14H18O3. The molecule has 0 bridgehead atoms. The zero-order chi connectivity index (χ0) is 12.7. The van der Waals surface area contributed by atoms with Gasteiger partial charge in [-0.25, -0.2) is 4.79 Å². The maximum atomic E-state index is 11.0. The molecule has 0 unspecified atom stereocenters. The van der Waals surface area contributed by atoms with Gasteiger partial charge in [-0.2, -0.15) is 0 Å². The van der Waals surface area contributed by atoms with Crippen LogP contribution < -0.4 is 0 Å². The molecule has 1 aliphatic heterocycles. The summed E-state index contributed by atoms with van der Waals surface area (Å²) in [6.07, 6.45) is 0. The predicted octanol–water partition coefficient (Wildman–Crippen LogP) is 2.70. The fraction of sp³-hybridized carbons (Fsp3) is 0.500. The Kier molecular flexibility index (Phi) is 2.74. The summed E-state index contributed by atoms with van der Waals surface area (Å²) >= 11 is 0. The van der Waals surface area contributed by atoms with Crippen molar-refractivity contribution in [2.75, 3.05) is 13.2 Å². The van der Waals surface area contributed by atoms with Crippen LogP contribution in [0.3, 0.4) is 0 Å². The second-order valence-electron chi connectivity index (χ2n) is 5.71. The lowest BCUT2D eigenvalue weighted by Crippen LogP contribution is -2.55. The molecule has 1 saturated heterocycles. The minimum Gasteiger partial charge on any atom is -0.478 e. The highest BCUT2D eigenvalue weighted by Crippen LogP contribution is 2.47. The molecule has 0 spiro atoms. The van der Waals surface area contributed by atoms with Crippen LogP contribution in [0, 0.1) is 5.41 Å². The number of hydrogen-bond acceptors (Lipinski definition) is 2. The molecule has 1 N–H and O–H groups in total. The van der Waals surface area contributed by atoms with E-state index in [4.69, 9.17) is 9.84 Å². The van der Waals surface area contributed by atoms with Gasteiger partial charge in [0, 0.05) is 5.41 Å². The third kappa shape index (κ3) is 1.84. The van der Waals surface area contributed by atoms with Crippen LogP contribution in [0.15, 0.2) is 24.3 Å². The van der Waals surface area contributed by atoms with Crippen molar-refractivity contribution in [3.63, 3.8) is 0 Å². The van der Waals surface area contributed by atoms with Crippen molar-refractivity contribution in [3.05, 3.63) is 35.4 Å². The first-order valence-electron chi connectivity index (χ1n) is 5.78. The Morgan fingerprint density at radius 3 is 2.41 bits per heavy atom. The van der Waals surface area contributed by atoms with Gasteiger partial charge in [0.1, 0.15) is 0 Å². The summed E-state index contributed by atoms with van der Waals surface area (Å²) in [6, 6.07) is 7.21. The summed E-state index contributed by atoms with van der Waals surface area (Å²) in [5.74, 6) is -0.879. The number of carboxylic acid groups (broad SMARTS) is 1. The highest BCUT2D eigenvalue weighted by Gasteiger charge is 2.49. The molecular weight excluding hydrogens is 216 g/mol. The Balaban J connectivity index is 2.45. The summed E-state index contributed by atoms with van der Waals surface area (Å²) in [5, 5.41) is 9.04. The van der Waals surface area contributed by atoms with Gasteiger partial charge in [0.25, 0.3) is 0 Å². The molecule has 17 heavy (non-hydrogen) atoms. The van der Waals surface area contributed by atoms with Gasteiger partial charge in [0.2, 0.25) is 0 Å². The average molecular weight is 234 g/mol. The van der Waals surface area contributed by atoms with Crippen molar-refractivity contribution in [1.82, 2.24) is 0 Å². The number of carbonyl (C=O) groups is 1. The number of rotatable bonds is 2. The third-order valence-electron chi connectivity index (χ3n) is 3.79. The third-order valence-corrected chi connectivity index (χ3v) is 3.79. The molecule has 1 heterocycles. The molecule has 1 aromatic rings. The van der Waals surface area contributed by atoms with Gasteiger partial charge in [0.05, 0.1) is 18.8 Å². The van der Waals surface area contributed by atoms with Crippen molar-refractivity contribution < 1.29 is 14.6 Å². The van der Waals surface area contributed by atoms with Crippen molar-refractivity contribution in [2.24, 2.45) is 5.41 Å². The van der Waals surface area contributed by atoms with E-state index in [1.54, 1.807) is 12.1 Å². The van der Waals surface area contributed by atoms with Crippen LogP contribution in [0.4, 0.5) is 0 Å². The first kappa shape index (κ1) is 12.1. The minimum absolute atomic E-state index is 0.0571. The maximum absolute atomic E-state index is 11.0. The Labute approximate surface area is 101 Å². The van der Waals surface area contributed by atoms with Gasteiger partial charge in [-0.05, 0) is 23.1 Å². The Morgan fingerprint density at radius 2 is 2.00 bits per heavy atom. The number of benzene rings is 1. The van der Waals surface area contributed by atoms with E-state index in [2.05, 4.69) is 20.8 Å². The molecule has 0 amide bonds. The van der Waals surface area contributed by atoms with Crippen molar-refractivity contribution in [1.29, 1.82) is 0 Å². The number of carboxylic acids is 1. The van der Waals surface area contributed by atoms with Crippen LogP contribution in [0.2, 0.25) is 0 Å². The molecule has 2 rings (SSSR count). The van der Waals surface area contributed by atoms with E-state index in [-0.39, 0.29) is 10.8 Å². The summed E-state index contributed by atoms with van der Waals surface area (Å²) in [4.78, 5) is 11.0. The van der Waals surface area contributed by atoms with E-state index >= 15 is 0 Å². The van der Waals surface area contributed by atoms with E-state index < -0.39 is 5.97 Å². The lowest BCUT2D eigenvalue weighted by molar-refractivity contribution is -0.113. The lowest BCUT2D eigenvalue weighted by Gasteiger charge is -2.51. The Morgan fingerprint density at radius 1 is 1.35 bits per heavy atom. The largest absolute Gasteiger partial charge is 0.478 e. The molecule has 0 aliphatic carbocycles. The van der Waals surface area contributed by atoms with Gasteiger partial charge >= 0.3 is 5.97 Å². The molecule has 1 aromatic carbocycles. The second-order valence-corrected chi connectivity index (χ2v) is 5.71. The van der Waals surface area contributed by atoms with Gasteiger partial charge in [-0.1, -0.05) is 32.9 Å². The van der Waals surface area contributed by atoms with Crippen molar-refractivity contribution >= 4 is 5.97 Å². The summed E-state index contributed by atoms with van der Waals surface area (Å²) in [7, 11) is 0. The lowest BCUT2D eigenvalue weighted by atomic mass is 9.61. The molecule has 92 valence electrons. The molecule has 0 saturated carbocycles. The SMILES string of the molecule is CC(C)(C)C1(c2cccc(C(=O)O)c2)COC1. The van der Waals surface area contributed by atoms with E-state index in [1.807, 2.05) is 12.1 Å². The van der Waals surface area contributed by atoms with Crippen LogP contribution >= 0.6 is 0 Å². The monoisotopic (exact) mass is 234 g/mol. The van der Waals surface area contributed by atoms with E-state index in [1.165, 1.54) is 0 Å². The van der Waals surface area contributed by atoms with E-state index in [9.17, 15) is 4.79 Å². The molecule has 3 nitrogen and oxygen atoms in total. The maximum Gasteiger partial charge on any atom is 0.335 e. The predicted molar refractivity (Wildman–Crippen MR) is 65.4 cm³/mol. The number of aromatic carboxylic acids is 1. The fourth-order valence-electron chi connectivity index (χ4n) is 2.29. The normalized spacial score (nSPS) is 18.5. The topological polar surface area (TPSA) is 46.5 Å². The minimum atomic E-state index is -0.879. The summed E-state index contributed by atoms with van der Waals surface area (Å²) in [5.41, 5.74) is 1.41. The zero-order valence-electron chi connectivity index (χ0n) is 10.5. The smallest absolute Gasteiger partial charge is 0.335 e. The number of ether oxygens (including phenoxy) is 1. The molecule has 0 radical (unpaired) electrons. The highest BCUT2D eigenvalue weighted by atomic mass is 16.5. The molecule has 0 atom stereocenters. The van der Waals surface area contributed by atoms with Gasteiger partial charge in [-0.3, -0.25) is 0 Å². The van der Waals surface area contributed by atoms with Crippen LogP contribution in [0.1, 0.15) is 36.7 Å². The van der Waals surface area contributed by atoms with E-state index in [0.717, 1.165) is 5.56 Å². The molecule has 1 aliphatic rings. The molecule has 1 fully saturated rings. The van der Waals surface area contributed by atoms with Crippen LogP contribution in [-0.2, 0) is 10.2 Å². The first-order valence-corrected chi connectivity index (χ1v) is 5.78. The molecule has 0 aromatic heterocycles. The van der Waals surface area contributed by atoms with Gasteiger partial charge < -0.3 is 9.84 Å².